The number of hydrogen-bond donors (Lipinski definition) is 0. The van der Waals surface area contributed by atoms with E-state index in [4.69, 9.17) is 19.1 Å². The topological polar surface area (TPSA) is 0 Å². The maximum absolute atomic E-state index is 4.81. The third-order valence-corrected chi connectivity index (χ3v) is 0. The van der Waals surface area contributed by atoms with Crippen molar-refractivity contribution in [2.75, 3.05) is 0 Å². The van der Waals surface area contributed by atoms with Crippen LogP contribution in [0.15, 0.2) is 0 Å². The first kappa shape index (κ1) is 9.28. The Morgan fingerprint density at radius 3 is 1.25 bits per heavy atom. The summed E-state index contributed by atoms with van der Waals surface area (Å²) in [7, 11) is 9.63. The van der Waals surface area contributed by atoms with Crippen molar-refractivity contribution in [2.24, 2.45) is 0 Å². The average molecular weight is 184 g/mol. The van der Waals surface area contributed by atoms with Gasteiger partial charge in [-0.2, -0.15) is 0 Å². The van der Waals surface area contributed by atoms with Gasteiger partial charge < -0.3 is 0 Å². The van der Waals surface area contributed by atoms with E-state index in [0.717, 1.165) is 0 Å². The van der Waals surface area contributed by atoms with E-state index in [9.17, 15) is 0 Å². The van der Waals surface area contributed by atoms with Crippen molar-refractivity contribution < 1.29 is 15.9 Å². The molecule has 4 heteroatoms. The summed E-state index contributed by atoms with van der Waals surface area (Å²) in [5.74, 6) is 0. The van der Waals surface area contributed by atoms with E-state index in [1.54, 1.807) is 0 Å². The van der Waals surface area contributed by atoms with Crippen LogP contribution in [0.5, 0.6) is 0 Å². The SMILES string of the molecule is [Cl][Pd][Cl].[Li]. The molecule has 0 atom stereocenters. The zero-order valence-electron chi connectivity index (χ0n) is 2.07. The minimum Gasteiger partial charge on any atom is 0 e. The maximum Gasteiger partial charge on any atom is 0 e. The van der Waals surface area contributed by atoms with Gasteiger partial charge in [-0.05, 0) is 0 Å². The quantitative estimate of drug-likeness (QED) is 0.493. The largest absolute Gasteiger partial charge is 0 e. The van der Waals surface area contributed by atoms with E-state index >= 15 is 0 Å². The molecule has 0 aromatic heterocycles. The van der Waals surface area contributed by atoms with Crippen LogP contribution < -0.4 is 0 Å². The molecule has 0 aliphatic heterocycles. The van der Waals surface area contributed by atoms with Gasteiger partial charge in [0.2, 0.25) is 0 Å². The predicted octanol–water partition coefficient (Wildman–Crippen LogP) is 0.996. The van der Waals surface area contributed by atoms with Crippen molar-refractivity contribution in [3.63, 3.8) is 0 Å². The van der Waals surface area contributed by atoms with Crippen LogP contribution in [-0.2, 0) is 15.9 Å². The molecule has 25 valence electrons. The van der Waals surface area contributed by atoms with Crippen molar-refractivity contribution in [3.8, 4) is 0 Å². The Morgan fingerprint density at radius 1 is 1.25 bits per heavy atom. The van der Waals surface area contributed by atoms with Gasteiger partial charge in [-0.1, -0.05) is 0 Å². The normalized spacial score (nSPS) is 5.50. The zero-order valence-corrected chi connectivity index (χ0v) is 5.14. The summed E-state index contributed by atoms with van der Waals surface area (Å²) < 4.78 is 0. The molecule has 1 radical (unpaired) electrons. The molecule has 4 heavy (non-hydrogen) atoms. The summed E-state index contributed by atoms with van der Waals surface area (Å²) in [6, 6.07) is 0. The minimum absolute atomic E-state index is 0. The molecule has 0 aromatic carbocycles. The summed E-state index contributed by atoms with van der Waals surface area (Å²) in [6.07, 6.45) is 0. The van der Waals surface area contributed by atoms with Crippen LogP contribution in [-0.4, -0.2) is 18.9 Å². The first-order valence-corrected chi connectivity index (χ1v) is 4.24. The molecule has 0 bridgehead atoms. The second-order valence-corrected chi connectivity index (χ2v) is 2.41. The van der Waals surface area contributed by atoms with Crippen molar-refractivity contribution in [3.05, 3.63) is 0 Å². The van der Waals surface area contributed by atoms with E-state index < -0.39 is 0 Å². The molecule has 0 rings (SSSR count). The minimum atomic E-state index is -0.106. The van der Waals surface area contributed by atoms with Crippen LogP contribution in [0.2, 0.25) is 0 Å². The molecule has 0 saturated carbocycles. The summed E-state index contributed by atoms with van der Waals surface area (Å²) in [4.78, 5) is 0. The fourth-order valence-corrected chi connectivity index (χ4v) is 0. The number of rotatable bonds is 0. The summed E-state index contributed by atoms with van der Waals surface area (Å²) in [5, 5.41) is 0. The summed E-state index contributed by atoms with van der Waals surface area (Å²) in [6.45, 7) is 0. The number of halogens is 2. The molecule has 0 unspecified atom stereocenters. The van der Waals surface area contributed by atoms with E-state index in [2.05, 4.69) is 0 Å². The molecule has 0 spiro atoms. The molecule has 0 fully saturated rings. The van der Waals surface area contributed by atoms with E-state index in [1.807, 2.05) is 0 Å². The first-order valence-electron chi connectivity index (χ1n) is 0.239. The Labute approximate surface area is 53.5 Å². The third kappa shape index (κ3) is 9.15. The van der Waals surface area contributed by atoms with Gasteiger partial charge in [0.25, 0.3) is 0 Å². The van der Waals surface area contributed by atoms with Crippen molar-refractivity contribution >= 4 is 37.9 Å². The standard InChI is InChI=1S/2ClH.Li.Pd/h2*1H;;/q;;;+2/p-2. The molecule has 0 heterocycles. The van der Waals surface area contributed by atoms with Crippen LogP contribution in [0.1, 0.15) is 0 Å². The Kier molecular flexibility index (Phi) is 20.5. The second-order valence-electron chi connectivity index (χ2n) is 0.0452. The Hall–Kier alpha value is 1.84. The fourth-order valence-electron chi connectivity index (χ4n) is 0. The van der Waals surface area contributed by atoms with E-state index in [0.29, 0.717) is 0 Å². The van der Waals surface area contributed by atoms with E-state index in [1.165, 1.54) is 0 Å². The molecular formula is Cl2LiPd. The van der Waals surface area contributed by atoms with Crippen LogP contribution in [0.4, 0.5) is 0 Å². The molecule has 0 aliphatic rings. The molecular weight excluding hydrogens is 184 g/mol. The van der Waals surface area contributed by atoms with Crippen molar-refractivity contribution in [1.82, 2.24) is 0 Å². The third-order valence-electron chi connectivity index (χ3n) is 0. The molecule has 0 aliphatic carbocycles. The van der Waals surface area contributed by atoms with Gasteiger partial charge in [-0.3, -0.25) is 0 Å². The Bertz CT molecular complexity index is 6.00. The van der Waals surface area contributed by atoms with Crippen LogP contribution in [0.25, 0.3) is 0 Å². The van der Waals surface area contributed by atoms with Gasteiger partial charge in [0.05, 0.1) is 0 Å². The van der Waals surface area contributed by atoms with E-state index in [-0.39, 0.29) is 34.8 Å². The van der Waals surface area contributed by atoms with Gasteiger partial charge in [0.15, 0.2) is 0 Å². The fraction of sp³-hybridized carbons (Fsp3) is 0. The van der Waals surface area contributed by atoms with Crippen LogP contribution >= 0.6 is 19.1 Å². The molecule has 0 nitrogen and oxygen atoms in total. The van der Waals surface area contributed by atoms with Crippen molar-refractivity contribution in [2.45, 2.75) is 0 Å². The van der Waals surface area contributed by atoms with Gasteiger partial charge in [0, 0.05) is 18.9 Å². The monoisotopic (exact) mass is 183 g/mol. The Balaban J connectivity index is 0. The number of hydrogen-bond acceptors (Lipinski definition) is 0. The molecule has 0 amide bonds. The molecule has 0 N–H and O–H groups in total. The zero-order chi connectivity index (χ0) is 2.71. The molecule has 0 saturated heterocycles. The first-order chi connectivity index (χ1) is 1.41. The summed E-state index contributed by atoms with van der Waals surface area (Å²) >= 11 is -0.106. The second kappa shape index (κ2) is 8.85. The van der Waals surface area contributed by atoms with Gasteiger partial charge in [0.1, 0.15) is 0 Å². The van der Waals surface area contributed by atoms with Crippen molar-refractivity contribution in [1.29, 1.82) is 0 Å². The van der Waals surface area contributed by atoms with Crippen LogP contribution in [0, 0.1) is 0 Å². The smallest absolute Gasteiger partial charge is 0 e. The average Bonchev–Trinajstić information content (AvgIpc) is 0.918. The summed E-state index contributed by atoms with van der Waals surface area (Å²) in [5.41, 5.74) is 0. The van der Waals surface area contributed by atoms with Crippen LogP contribution in [0.3, 0.4) is 0 Å². The van der Waals surface area contributed by atoms with Gasteiger partial charge >= 0.3 is 35.0 Å². The maximum atomic E-state index is 4.81. The predicted molar refractivity (Wildman–Crippen MR) is 17.5 cm³/mol. The molecule has 0 aromatic rings. The Morgan fingerprint density at radius 2 is 1.25 bits per heavy atom. The van der Waals surface area contributed by atoms with Gasteiger partial charge in [-0.15, -0.1) is 0 Å². The van der Waals surface area contributed by atoms with Gasteiger partial charge in [-0.25, -0.2) is 0 Å².